The lowest BCUT2D eigenvalue weighted by Gasteiger charge is -2.39. The number of rotatable bonds is 5. The van der Waals surface area contributed by atoms with E-state index in [4.69, 9.17) is 15.6 Å². The van der Waals surface area contributed by atoms with Gasteiger partial charge < -0.3 is 20.5 Å². The molecule has 6 heteroatoms. The molecule has 0 unspecified atom stereocenters. The molecule has 1 aliphatic rings. The zero-order chi connectivity index (χ0) is 15.6. The van der Waals surface area contributed by atoms with Crippen LogP contribution < -0.4 is 15.4 Å². The number of carboxylic acid groups (broad SMARTS) is 1. The molecule has 1 heterocycles. The summed E-state index contributed by atoms with van der Waals surface area (Å²) >= 11 is 0. The Labute approximate surface area is 123 Å². The van der Waals surface area contributed by atoms with E-state index in [1.807, 2.05) is 12.1 Å². The minimum absolute atomic E-state index is 0.0248. The standard InChI is InChI=1S/C15H20N2O4/c1-15(2)14(20)17(7-3-4-13(18)19)11-8-10(9-16)5-6-12(11)21-15/h5-6,8H,3-4,7,9,16H2,1-2H3,(H,18,19). The number of fused-ring (bicyclic) bond motifs is 1. The fourth-order valence-corrected chi connectivity index (χ4v) is 2.35. The van der Waals surface area contributed by atoms with Gasteiger partial charge in [-0.25, -0.2) is 0 Å². The molecule has 0 aliphatic carbocycles. The van der Waals surface area contributed by atoms with Crippen molar-refractivity contribution in [3.8, 4) is 5.75 Å². The van der Waals surface area contributed by atoms with Gasteiger partial charge in [0.25, 0.3) is 5.91 Å². The highest BCUT2D eigenvalue weighted by Gasteiger charge is 2.40. The summed E-state index contributed by atoms with van der Waals surface area (Å²) in [4.78, 5) is 24.8. The second-order valence-corrected chi connectivity index (χ2v) is 5.57. The van der Waals surface area contributed by atoms with Crippen LogP contribution in [0.15, 0.2) is 18.2 Å². The number of carbonyl (C=O) groups excluding carboxylic acids is 1. The number of amides is 1. The fraction of sp³-hybridized carbons (Fsp3) is 0.467. The van der Waals surface area contributed by atoms with E-state index in [2.05, 4.69) is 0 Å². The Hall–Kier alpha value is -2.08. The van der Waals surface area contributed by atoms with Crippen molar-refractivity contribution in [3.05, 3.63) is 23.8 Å². The summed E-state index contributed by atoms with van der Waals surface area (Å²) in [6.45, 7) is 4.13. The van der Waals surface area contributed by atoms with E-state index in [0.717, 1.165) is 5.56 Å². The molecule has 1 aromatic rings. The molecule has 0 spiro atoms. The molecule has 0 atom stereocenters. The summed E-state index contributed by atoms with van der Waals surface area (Å²) in [6, 6.07) is 5.49. The highest BCUT2D eigenvalue weighted by molar-refractivity contribution is 6.02. The van der Waals surface area contributed by atoms with E-state index in [1.165, 1.54) is 0 Å². The maximum Gasteiger partial charge on any atom is 0.303 e. The van der Waals surface area contributed by atoms with E-state index < -0.39 is 11.6 Å². The van der Waals surface area contributed by atoms with Gasteiger partial charge >= 0.3 is 5.97 Å². The fourth-order valence-electron chi connectivity index (χ4n) is 2.35. The van der Waals surface area contributed by atoms with E-state index in [9.17, 15) is 9.59 Å². The van der Waals surface area contributed by atoms with E-state index in [1.54, 1.807) is 24.8 Å². The molecule has 3 N–H and O–H groups in total. The van der Waals surface area contributed by atoms with Gasteiger partial charge in [-0.05, 0) is 38.0 Å². The van der Waals surface area contributed by atoms with Crippen LogP contribution in [-0.2, 0) is 16.1 Å². The van der Waals surface area contributed by atoms with E-state index in [-0.39, 0.29) is 12.3 Å². The summed E-state index contributed by atoms with van der Waals surface area (Å²) in [7, 11) is 0. The SMILES string of the molecule is CC1(C)Oc2ccc(CN)cc2N(CCCC(=O)O)C1=O. The molecule has 21 heavy (non-hydrogen) atoms. The Bertz CT molecular complexity index is 569. The highest BCUT2D eigenvalue weighted by atomic mass is 16.5. The monoisotopic (exact) mass is 292 g/mol. The van der Waals surface area contributed by atoms with Crippen LogP contribution in [0.4, 0.5) is 5.69 Å². The summed E-state index contributed by atoms with van der Waals surface area (Å²) in [5, 5.41) is 8.74. The van der Waals surface area contributed by atoms with E-state index in [0.29, 0.717) is 30.9 Å². The van der Waals surface area contributed by atoms with Gasteiger partial charge in [-0.1, -0.05) is 6.07 Å². The van der Waals surface area contributed by atoms with E-state index >= 15 is 0 Å². The van der Waals surface area contributed by atoms with Crippen LogP contribution in [0, 0.1) is 0 Å². The van der Waals surface area contributed by atoms with Crippen molar-refractivity contribution in [1.29, 1.82) is 0 Å². The molecule has 0 bridgehead atoms. The molecule has 114 valence electrons. The van der Waals surface area contributed by atoms with Gasteiger partial charge in [0.05, 0.1) is 5.69 Å². The average molecular weight is 292 g/mol. The normalized spacial score (nSPS) is 16.3. The molecule has 6 nitrogen and oxygen atoms in total. The number of nitrogens with zero attached hydrogens (tertiary/aromatic N) is 1. The molecular formula is C15H20N2O4. The lowest BCUT2D eigenvalue weighted by molar-refractivity contribution is -0.137. The quantitative estimate of drug-likeness (QED) is 0.858. The third-order valence-corrected chi connectivity index (χ3v) is 3.45. The Morgan fingerprint density at radius 2 is 2.14 bits per heavy atom. The van der Waals surface area contributed by atoms with Crippen molar-refractivity contribution in [2.24, 2.45) is 5.73 Å². The first-order valence-electron chi connectivity index (χ1n) is 6.91. The van der Waals surface area contributed by atoms with Crippen molar-refractivity contribution in [1.82, 2.24) is 0 Å². The van der Waals surface area contributed by atoms with Crippen LogP contribution in [0.5, 0.6) is 5.75 Å². The zero-order valence-electron chi connectivity index (χ0n) is 12.3. The molecule has 2 rings (SSSR count). The Morgan fingerprint density at radius 3 is 2.76 bits per heavy atom. The highest BCUT2D eigenvalue weighted by Crippen LogP contribution is 2.38. The second-order valence-electron chi connectivity index (χ2n) is 5.57. The molecule has 0 fully saturated rings. The Kier molecular flexibility index (Phi) is 4.18. The second kappa shape index (κ2) is 5.73. The van der Waals surface area contributed by atoms with Gasteiger partial charge in [0.1, 0.15) is 5.75 Å². The molecule has 1 amide bonds. The van der Waals surface area contributed by atoms with Crippen LogP contribution >= 0.6 is 0 Å². The maximum atomic E-state index is 12.5. The van der Waals surface area contributed by atoms with Gasteiger partial charge in [-0.3, -0.25) is 9.59 Å². The van der Waals surface area contributed by atoms with Gasteiger partial charge in [-0.15, -0.1) is 0 Å². The number of carbonyl (C=O) groups is 2. The first kappa shape index (κ1) is 15.3. The smallest absolute Gasteiger partial charge is 0.303 e. The summed E-state index contributed by atoms with van der Waals surface area (Å²) in [6.07, 6.45) is 0.417. The van der Waals surface area contributed by atoms with Crippen LogP contribution in [-0.4, -0.2) is 29.1 Å². The first-order valence-corrected chi connectivity index (χ1v) is 6.91. The predicted molar refractivity (Wildman–Crippen MR) is 78.3 cm³/mol. The zero-order valence-corrected chi connectivity index (χ0v) is 12.3. The third-order valence-electron chi connectivity index (χ3n) is 3.45. The number of carboxylic acids is 1. The van der Waals surface area contributed by atoms with Crippen LogP contribution in [0.2, 0.25) is 0 Å². The summed E-state index contributed by atoms with van der Waals surface area (Å²) in [5.74, 6) is -0.424. The largest absolute Gasteiger partial charge is 0.481 e. The molecule has 0 saturated heterocycles. The maximum absolute atomic E-state index is 12.5. The molecular weight excluding hydrogens is 272 g/mol. The lowest BCUT2D eigenvalue weighted by Crippen LogP contribution is -2.52. The van der Waals surface area contributed by atoms with Crippen molar-refractivity contribution in [2.45, 2.75) is 38.8 Å². The van der Waals surface area contributed by atoms with Crippen LogP contribution in [0.1, 0.15) is 32.3 Å². The number of benzene rings is 1. The van der Waals surface area contributed by atoms with Crippen molar-refractivity contribution >= 4 is 17.6 Å². The number of nitrogens with two attached hydrogens (primary N) is 1. The average Bonchev–Trinajstić information content (AvgIpc) is 2.42. The number of hydrogen-bond acceptors (Lipinski definition) is 4. The van der Waals surface area contributed by atoms with Gasteiger partial charge in [0, 0.05) is 19.5 Å². The van der Waals surface area contributed by atoms with Crippen LogP contribution in [0.3, 0.4) is 0 Å². The van der Waals surface area contributed by atoms with Crippen molar-refractivity contribution < 1.29 is 19.4 Å². The van der Waals surface area contributed by atoms with Gasteiger partial charge in [0.2, 0.25) is 0 Å². The number of hydrogen-bond donors (Lipinski definition) is 2. The van der Waals surface area contributed by atoms with Crippen molar-refractivity contribution in [3.63, 3.8) is 0 Å². The summed E-state index contributed by atoms with van der Waals surface area (Å²) in [5.41, 5.74) is 6.23. The number of aliphatic carboxylic acids is 1. The Balaban J connectivity index is 2.32. The molecule has 0 saturated carbocycles. The predicted octanol–water partition coefficient (Wildman–Crippen LogP) is 1.51. The van der Waals surface area contributed by atoms with Gasteiger partial charge in [0.15, 0.2) is 5.60 Å². The minimum atomic E-state index is -0.958. The van der Waals surface area contributed by atoms with Crippen LogP contribution in [0.25, 0.3) is 0 Å². The van der Waals surface area contributed by atoms with Gasteiger partial charge in [-0.2, -0.15) is 0 Å². The minimum Gasteiger partial charge on any atom is -0.481 e. The molecule has 1 aliphatic heterocycles. The first-order chi connectivity index (χ1) is 9.85. The Morgan fingerprint density at radius 1 is 1.43 bits per heavy atom. The molecule has 1 aromatic carbocycles. The summed E-state index contributed by atoms with van der Waals surface area (Å²) < 4.78 is 5.74. The topological polar surface area (TPSA) is 92.9 Å². The number of ether oxygens (including phenoxy) is 1. The third kappa shape index (κ3) is 3.16. The number of anilines is 1. The van der Waals surface area contributed by atoms with Crippen molar-refractivity contribution in [2.75, 3.05) is 11.4 Å². The molecule has 0 radical (unpaired) electrons. The molecule has 0 aromatic heterocycles. The lowest BCUT2D eigenvalue weighted by atomic mass is 10.0.